The second-order valence-corrected chi connectivity index (χ2v) is 3.77. The number of carbonyl (C=O) groups is 1. The van der Waals surface area contributed by atoms with Gasteiger partial charge in [-0.1, -0.05) is 6.07 Å². The van der Waals surface area contributed by atoms with Crippen LogP contribution in [-0.2, 0) is 16.0 Å². The van der Waals surface area contributed by atoms with Crippen molar-refractivity contribution in [2.75, 3.05) is 6.61 Å². The summed E-state index contributed by atoms with van der Waals surface area (Å²) >= 11 is 0. The lowest BCUT2D eigenvalue weighted by Gasteiger charge is -2.05. The maximum atomic E-state index is 10.9. The van der Waals surface area contributed by atoms with E-state index in [4.69, 9.17) is 4.74 Å². The molecule has 0 N–H and O–H groups in total. The highest BCUT2D eigenvalue weighted by atomic mass is 16.5. The molecule has 0 saturated carbocycles. The van der Waals surface area contributed by atoms with Crippen LogP contribution in [0, 0.1) is 12.8 Å². The summed E-state index contributed by atoms with van der Waals surface area (Å²) in [4.78, 5) is 15.1. The van der Waals surface area contributed by atoms with E-state index in [0.29, 0.717) is 18.9 Å². The van der Waals surface area contributed by atoms with Crippen LogP contribution in [-0.4, -0.2) is 17.6 Å². The first-order chi connectivity index (χ1) is 6.74. The third kappa shape index (κ3) is 2.10. The minimum absolute atomic E-state index is 0.0740. The molecule has 1 atom stereocenters. The molecule has 1 fully saturated rings. The Bertz CT molecular complexity index is 332. The summed E-state index contributed by atoms with van der Waals surface area (Å²) in [6, 6.07) is 4.05. The Hall–Kier alpha value is -1.38. The topological polar surface area (TPSA) is 39.2 Å². The molecule has 1 aliphatic heterocycles. The van der Waals surface area contributed by atoms with Crippen molar-refractivity contribution >= 4 is 5.97 Å². The first kappa shape index (κ1) is 9.19. The summed E-state index contributed by atoms with van der Waals surface area (Å²) in [5.74, 6) is 0.266. The van der Waals surface area contributed by atoms with Crippen molar-refractivity contribution < 1.29 is 9.53 Å². The Labute approximate surface area is 83.1 Å². The van der Waals surface area contributed by atoms with E-state index >= 15 is 0 Å². The molecule has 0 amide bonds. The molecule has 74 valence electrons. The van der Waals surface area contributed by atoms with Gasteiger partial charge in [-0.3, -0.25) is 9.78 Å². The van der Waals surface area contributed by atoms with Gasteiger partial charge in [-0.15, -0.1) is 0 Å². The van der Waals surface area contributed by atoms with Gasteiger partial charge in [-0.05, 0) is 25.0 Å². The summed E-state index contributed by atoms with van der Waals surface area (Å²) in [6.07, 6.45) is 3.31. The van der Waals surface area contributed by atoms with Crippen molar-refractivity contribution in [3.8, 4) is 0 Å². The first-order valence-corrected chi connectivity index (χ1v) is 4.81. The van der Waals surface area contributed by atoms with Gasteiger partial charge in [0.2, 0.25) is 0 Å². The third-order valence-electron chi connectivity index (χ3n) is 2.43. The number of esters is 1. The van der Waals surface area contributed by atoms with Crippen molar-refractivity contribution in [1.29, 1.82) is 0 Å². The zero-order valence-corrected chi connectivity index (χ0v) is 8.19. The molecule has 0 spiro atoms. The zero-order valence-electron chi connectivity index (χ0n) is 8.19. The number of hydrogen-bond donors (Lipinski definition) is 0. The van der Waals surface area contributed by atoms with Crippen LogP contribution >= 0.6 is 0 Å². The predicted octanol–water partition coefficient (Wildman–Crippen LogP) is 1.50. The molecule has 1 aromatic rings. The Balaban J connectivity index is 1.97. The monoisotopic (exact) mass is 191 g/mol. The van der Waals surface area contributed by atoms with E-state index in [-0.39, 0.29) is 5.97 Å². The normalized spacial score (nSPS) is 20.9. The van der Waals surface area contributed by atoms with E-state index < -0.39 is 0 Å². The lowest BCUT2D eigenvalue weighted by atomic mass is 10.00. The first-order valence-electron chi connectivity index (χ1n) is 4.81. The van der Waals surface area contributed by atoms with Gasteiger partial charge >= 0.3 is 5.97 Å². The molecule has 2 rings (SSSR count). The molecule has 0 aromatic carbocycles. The van der Waals surface area contributed by atoms with Gasteiger partial charge in [0.1, 0.15) is 0 Å². The molecule has 1 unspecified atom stereocenters. The van der Waals surface area contributed by atoms with Gasteiger partial charge < -0.3 is 4.74 Å². The maximum absolute atomic E-state index is 10.9. The molecule has 3 heteroatoms. The average Bonchev–Trinajstić information content (AvgIpc) is 2.56. The fourth-order valence-corrected chi connectivity index (χ4v) is 1.65. The van der Waals surface area contributed by atoms with Crippen molar-refractivity contribution in [2.45, 2.75) is 19.8 Å². The minimum Gasteiger partial charge on any atom is -0.465 e. The van der Waals surface area contributed by atoms with Gasteiger partial charge in [0.05, 0.1) is 13.0 Å². The molecule has 3 nitrogen and oxygen atoms in total. The molecular weight excluding hydrogens is 178 g/mol. The fraction of sp³-hybridized carbons (Fsp3) is 0.455. The number of ether oxygens (including phenoxy) is 1. The van der Waals surface area contributed by atoms with Crippen LogP contribution in [0.4, 0.5) is 0 Å². The number of carbonyl (C=O) groups excluding carboxylic acids is 1. The van der Waals surface area contributed by atoms with E-state index in [1.54, 1.807) is 0 Å². The largest absolute Gasteiger partial charge is 0.465 e. The highest BCUT2D eigenvalue weighted by molar-refractivity contribution is 5.71. The Morgan fingerprint density at radius 3 is 3.00 bits per heavy atom. The summed E-state index contributed by atoms with van der Waals surface area (Å²) in [7, 11) is 0. The number of hydrogen-bond acceptors (Lipinski definition) is 3. The highest BCUT2D eigenvalue weighted by Gasteiger charge is 2.23. The van der Waals surface area contributed by atoms with E-state index in [0.717, 1.165) is 12.1 Å². The van der Waals surface area contributed by atoms with Gasteiger partial charge in [0.25, 0.3) is 0 Å². The van der Waals surface area contributed by atoms with Crippen LogP contribution in [0.2, 0.25) is 0 Å². The van der Waals surface area contributed by atoms with Crippen LogP contribution in [0.3, 0.4) is 0 Å². The number of aryl methyl sites for hydroxylation is 1. The molecule has 0 aliphatic carbocycles. The van der Waals surface area contributed by atoms with Crippen LogP contribution in [0.1, 0.15) is 17.7 Å². The third-order valence-corrected chi connectivity index (χ3v) is 2.43. The van der Waals surface area contributed by atoms with E-state index in [1.807, 2.05) is 19.2 Å². The Kier molecular flexibility index (Phi) is 2.48. The van der Waals surface area contributed by atoms with Crippen LogP contribution in [0.25, 0.3) is 0 Å². The van der Waals surface area contributed by atoms with Gasteiger partial charge in [-0.25, -0.2) is 0 Å². The second kappa shape index (κ2) is 3.78. The maximum Gasteiger partial charge on any atom is 0.306 e. The number of rotatable bonds is 2. The second-order valence-electron chi connectivity index (χ2n) is 3.77. The van der Waals surface area contributed by atoms with Gasteiger partial charge in [0, 0.05) is 17.8 Å². The molecule has 2 heterocycles. The molecule has 1 aromatic heterocycles. The molecule has 0 radical (unpaired) electrons. The summed E-state index contributed by atoms with van der Waals surface area (Å²) in [5.41, 5.74) is 2.20. The van der Waals surface area contributed by atoms with Crippen LogP contribution < -0.4 is 0 Å². The standard InChI is InChI=1S/C11H13NO2/c1-8-2-3-9(6-12-8)4-10-5-11(13)14-7-10/h2-3,6,10H,4-5,7H2,1H3. The quantitative estimate of drug-likeness (QED) is 0.665. The van der Waals surface area contributed by atoms with Crippen LogP contribution in [0.5, 0.6) is 0 Å². The van der Waals surface area contributed by atoms with E-state index in [1.165, 1.54) is 5.56 Å². The molecule has 1 aliphatic rings. The highest BCUT2D eigenvalue weighted by Crippen LogP contribution is 2.18. The summed E-state index contributed by atoms with van der Waals surface area (Å²) in [6.45, 7) is 2.53. The summed E-state index contributed by atoms with van der Waals surface area (Å²) < 4.78 is 4.90. The van der Waals surface area contributed by atoms with E-state index in [9.17, 15) is 4.79 Å². The predicted molar refractivity (Wildman–Crippen MR) is 51.7 cm³/mol. The number of cyclic esters (lactones) is 1. The molecule has 14 heavy (non-hydrogen) atoms. The minimum atomic E-state index is -0.0740. The lowest BCUT2D eigenvalue weighted by molar-refractivity contribution is -0.137. The summed E-state index contributed by atoms with van der Waals surface area (Å²) in [5, 5.41) is 0. The lowest BCUT2D eigenvalue weighted by Crippen LogP contribution is -2.04. The van der Waals surface area contributed by atoms with Crippen molar-refractivity contribution in [2.24, 2.45) is 5.92 Å². The van der Waals surface area contributed by atoms with Crippen molar-refractivity contribution in [1.82, 2.24) is 4.98 Å². The van der Waals surface area contributed by atoms with Crippen molar-refractivity contribution in [3.63, 3.8) is 0 Å². The van der Waals surface area contributed by atoms with E-state index in [2.05, 4.69) is 11.1 Å². The number of aromatic nitrogens is 1. The fourth-order valence-electron chi connectivity index (χ4n) is 1.65. The molecule has 0 bridgehead atoms. The van der Waals surface area contributed by atoms with Gasteiger partial charge in [0.15, 0.2) is 0 Å². The Morgan fingerprint density at radius 1 is 1.57 bits per heavy atom. The number of pyridine rings is 1. The van der Waals surface area contributed by atoms with Crippen LogP contribution in [0.15, 0.2) is 18.3 Å². The SMILES string of the molecule is Cc1ccc(CC2COC(=O)C2)cn1. The smallest absolute Gasteiger partial charge is 0.306 e. The number of nitrogens with zero attached hydrogens (tertiary/aromatic N) is 1. The van der Waals surface area contributed by atoms with Crippen molar-refractivity contribution in [3.05, 3.63) is 29.6 Å². The molecular formula is C11H13NO2. The van der Waals surface area contributed by atoms with Gasteiger partial charge in [-0.2, -0.15) is 0 Å². The zero-order chi connectivity index (χ0) is 9.97. The average molecular weight is 191 g/mol. The Morgan fingerprint density at radius 2 is 2.43 bits per heavy atom. The molecule has 1 saturated heterocycles.